The van der Waals surface area contributed by atoms with Crippen LogP contribution in [0.1, 0.15) is 32.1 Å². The van der Waals surface area contributed by atoms with Crippen LogP contribution in [0.25, 0.3) is 0 Å². The van der Waals surface area contributed by atoms with E-state index in [1.54, 1.807) is 0 Å². The summed E-state index contributed by atoms with van der Waals surface area (Å²) in [7, 11) is -3.46. The maximum Gasteiger partial charge on any atom is 0.188 e. The third kappa shape index (κ3) is 6.62. The van der Waals surface area contributed by atoms with Gasteiger partial charge in [0, 0.05) is 6.04 Å². The first-order chi connectivity index (χ1) is 10.5. The number of benzene rings is 1. The molecule has 0 saturated heterocycles. The summed E-state index contributed by atoms with van der Waals surface area (Å²) in [6, 6.07) is 5.13. The molecule has 1 aromatic carbocycles. The number of nitrogens with one attached hydrogen (secondary N) is 1. The van der Waals surface area contributed by atoms with Crippen molar-refractivity contribution >= 4 is 39.8 Å². The fourth-order valence-electron chi connectivity index (χ4n) is 2.55. The van der Waals surface area contributed by atoms with Crippen molar-refractivity contribution in [2.45, 2.75) is 43.0 Å². The van der Waals surface area contributed by atoms with Crippen LogP contribution in [0.2, 0.25) is 0 Å². The number of rotatable bonds is 5. The second-order valence-corrected chi connectivity index (χ2v) is 7.63. The van der Waals surface area contributed by atoms with Crippen LogP contribution in [0.4, 0.5) is 4.39 Å². The lowest BCUT2D eigenvalue weighted by molar-refractivity contribution is 0.412. The largest absolute Gasteiger partial charge is 0.370 e. The van der Waals surface area contributed by atoms with Gasteiger partial charge in [-0.15, -0.1) is 24.0 Å². The standard InChI is InChI=1S/C15H22FN3O2S.HI/c16-12-6-8-14(9-7-12)22(20,21)11-10-18-15(17)19-13-4-2-1-3-5-13;/h6-9,13H,1-5,10-11H2,(H3,17,18,19);1H. The van der Waals surface area contributed by atoms with Crippen LogP contribution in [-0.4, -0.2) is 32.7 Å². The van der Waals surface area contributed by atoms with E-state index in [4.69, 9.17) is 5.73 Å². The molecule has 23 heavy (non-hydrogen) atoms. The van der Waals surface area contributed by atoms with Gasteiger partial charge < -0.3 is 11.1 Å². The Morgan fingerprint density at radius 1 is 1.22 bits per heavy atom. The van der Waals surface area contributed by atoms with Gasteiger partial charge in [0.15, 0.2) is 15.8 Å². The molecule has 0 radical (unpaired) electrons. The van der Waals surface area contributed by atoms with Crippen LogP contribution in [0.15, 0.2) is 34.2 Å². The first-order valence-corrected chi connectivity index (χ1v) is 9.17. The van der Waals surface area contributed by atoms with E-state index in [2.05, 4.69) is 10.3 Å². The van der Waals surface area contributed by atoms with E-state index in [1.807, 2.05) is 0 Å². The number of nitrogens with zero attached hydrogens (tertiary/aromatic N) is 1. The zero-order valence-corrected chi connectivity index (χ0v) is 16.0. The molecule has 0 unspecified atom stereocenters. The minimum Gasteiger partial charge on any atom is -0.370 e. The molecule has 0 heterocycles. The van der Waals surface area contributed by atoms with Crippen LogP contribution in [0, 0.1) is 5.82 Å². The quantitative estimate of drug-likeness (QED) is 0.309. The molecule has 2 rings (SSSR count). The molecule has 3 N–H and O–H groups in total. The normalized spacial score (nSPS) is 16.7. The molecule has 1 aromatic rings. The summed E-state index contributed by atoms with van der Waals surface area (Å²) in [5.41, 5.74) is 5.79. The van der Waals surface area contributed by atoms with Crippen LogP contribution in [0.5, 0.6) is 0 Å². The van der Waals surface area contributed by atoms with Gasteiger partial charge in [0.2, 0.25) is 0 Å². The van der Waals surface area contributed by atoms with E-state index >= 15 is 0 Å². The number of hydrogen-bond acceptors (Lipinski definition) is 3. The topological polar surface area (TPSA) is 84.5 Å². The number of guanidine groups is 1. The fraction of sp³-hybridized carbons (Fsp3) is 0.533. The van der Waals surface area contributed by atoms with Gasteiger partial charge >= 0.3 is 0 Å². The first kappa shape index (κ1) is 20.1. The van der Waals surface area contributed by atoms with Crippen LogP contribution >= 0.6 is 24.0 Å². The van der Waals surface area contributed by atoms with Gasteiger partial charge in [0.25, 0.3) is 0 Å². The molecule has 0 aromatic heterocycles. The molecule has 0 aliphatic heterocycles. The van der Waals surface area contributed by atoms with Crippen molar-refractivity contribution in [2.75, 3.05) is 12.3 Å². The number of sulfone groups is 1. The average Bonchev–Trinajstić information content (AvgIpc) is 2.48. The molecule has 5 nitrogen and oxygen atoms in total. The minimum absolute atomic E-state index is 0. The molecular weight excluding hydrogens is 432 g/mol. The lowest BCUT2D eigenvalue weighted by atomic mass is 9.96. The zero-order chi connectivity index (χ0) is 16.0. The summed E-state index contributed by atoms with van der Waals surface area (Å²) in [6.07, 6.45) is 5.77. The third-order valence-corrected chi connectivity index (χ3v) is 5.48. The maximum absolute atomic E-state index is 12.8. The van der Waals surface area contributed by atoms with Crippen molar-refractivity contribution < 1.29 is 12.8 Å². The van der Waals surface area contributed by atoms with E-state index in [1.165, 1.54) is 31.4 Å². The molecule has 1 fully saturated rings. The van der Waals surface area contributed by atoms with Crippen molar-refractivity contribution in [2.24, 2.45) is 10.7 Å². The fourth-order valence-corrected chi connectivity index (χ4v) is 3.67. The highest BCUT2D eigenvalue weighted by Crippen LogP contribution is 2.17. The van der Waals surface area contributed by atoms with E-state index in [0.717, 1.165) is 25.0 Å². The summed E-state index contributed by atoms with van der Waals surface area (Å²) in [4.78, 5) is 4.18. The minimum atomic E-state index is -3.46. The van der Waals surface area contributed by atoms with Crippen molar-refractivity contribution in [3.8, 4) is 0 Å². The van der Waals surface area contributed by atoms with Crippen molar-refractivity contribution in [3.63, 3.8) is 0 Å². The Hall–Kier alpha value is -0.900. The number of halogens is 2. The van der Waals surface area contributed by atoms with Gasteiger partial charge in [-0.25, -0.2) is 12.8 Å². The Kier molecular flexibility index (Phi) is 8.24. The van der Waals surface area contributed by atoms with Gasteiger partial charge in [0.1, 0.15) is 5.82 Å². The molecule has 130 valence electrons. The molecule has 1 aliphatic rings. The Labute approximate surface area is 153 Å². The van der Waals surface area contributed by atoms with Crippen LogP contribution in [-0.2, 0) is 9.84 Å². The smallest absolute Gasteiger partial charge is 0.188 e. The van der Waals surface area contributed by atoms with E-state index in [-0.39, 0.29) is 41.2 Å². The Balaban J connectivity index is 0.00000264. The Morgan fingerprint density at radius 3 is 2.43 bits per heavy atom. The van der Waals surface area contributed by atoms with Gasteiger partial charge in [-0.2, -0.15) is 0 Å². The SMILES string of the molecule is I.NC(=NCCS(=O)(=O)c1ccc(F)cc1)NC1CCCCC1. The molecule has 1 saturated carbocycles. The molecule has 8 heteroatoms. The van der Waals surface area contributed by atoms with Crippen molar-refractivity contribution in [3.05, 3.63) is 30.1 Å². The molecule has 0 amide bonds. The zero-order valence-electron chi connectivity index (χ0n) is 12.9. The summed E-state index contributed by atoms with van der Waals surface area (Å²) in [5.74, 6) is -0.315. The second-order valence-electron chi connectivity index (χ2n) is 5.52. The molecule has 0 spiro atoms. The number of aliphatic imine (C=N–C) groups is 1. The third-order valence-electron chi connectivity index (χ3n) is 3.77. The van der Waals surface area contributed by atoms with Crippen molar-refractivity contribution in [1.82, 2.24) is 5.32 Å². The maximum atomic E-state index is 12.8. The molecule has 0 atom stereocenters. The Bertz CT molecular complexity index is 614. The van der Waals surface area contributed by atoms with Gasteiger partial charge in [-0.05, 0) is 37.1 Å². The highest BCUT2D eigenvalue weighted by atomic mass is 127. The van der Waals surface area contributed by atoms with E-state index in [9.17, 15) is 12.8 Å². The Morgan fingerprint density at radius 2 is 1.83 bits per heavy atom. The summed E-state index contributed by atoms with van der Waals surface area (Å²) < 4.78 is 36.9. The summed E-state index contributed by atoms with van der Waals surface area (Å²) in [5, 5.41) is 3.14. The highest BCUT2D eigenvalue weighted by molar-refractivity contribution is 14.0. The average molecular weight is 455 g/mol. The van der Waals surface area contributed by atoms with E-state index in [0.29, 0.717) is 12.0 Å². The van der Waals surface area contributed by atoms with E-state index < -0.39 is 15.7 Å². The van der Waals surface area contributed by atoms with Gasteiger partial charge in [-0.1, -0.05) is 19.3 Å². The monoisotopic (exact) mass is 455 g/mol. The molecule has 0 bridgehead atoms. The van der Waals surface area contributed by atoms with Crippen molar-refractivity contribution in [1.29, 1.82) is 0 Å². The number of hydrogen-bond donors (Lipinski definition) is 2. The van der Waals surface area contributed by atoms with Gasteiger partial charge in [0.05, 0.1) is 17.2 Å². The predicted molar refractivity (Wildman–Crippen MR) is 100 cm³/mol. The highest BCUT2D eigenvalue weighted by Gasteiger charge is 2.15. The molecule has 1 aliphatic carbocycles. The lowest BCUT2D eigenvalue weighted by Gasteiger charge is -2.23. The summed E-state index contributed by atoms with van der Waals surface area (Å²) in [6.45, 7) is 0.0886. The predicted octanol–water partition coefficient (Wildman–Crippen LogP) is 2.45. The van der Waals surface area contributed by atoms with Crippen LogP contribution < -0.4 is 11.1 Å². The molecular formula is C15H23FIN3O2S. The first-order valence-electron chi connectivity index (χ1n) is 7.52. The van der Waals surface area contributed by atoms with Gasteiger partial charge in [-0.3, -0.25) is 4.99 Å². The lowest BCUT2D eigenvalue weighted by Crippen LogP contribution is -2.41. The number of nitrogens with two attached hydrogens (primary N) is 1. The second kappa shape index (κ2) is 9.41. The summed E-state index contributed by atoms with van der Waals surface area (Å²) >= 11 is 0. The van der Waals surface area contributed by atoms with Crippen LogP contribution in [0.3, 0.4) is 0 Å².